The maximum absolute atomic E-state index is 9.64. The molecule has 1 unspecified atom stereocenters. The molecule has 2 heteroatoms. The lowest BCUT2D eigenvalue weighted by Gasteiger charge is -2.23. The molecule has 0 bridgehead atoms. The van der Waals surface area contributed by atoms with Gasteiger partial charge in [-0.15, -0.1) is 0 Å². The maximum Gasteiger partial charge on any atom is 0.0650 e. The van der Waals surface area contributed by atoms with Crippen LogP contribution in [0.4, 0.5) is 0 Å². The molecule has 0 spiro atoms. The van der Waals surface area contributed by atoms with Crippen LogP contribution in [0.1, 0.15) is 38.5 Å². The fourth-order valence-electron chi connectivity index (χ4n) is 2.04. The fourth-order valence-corrected chi connectivity index (χ4v) is 2.04. The molecule has 0 aromatic carbocycles. The number of nitrogens with one attached hydrogen (secondary N) is 1. The minimum absolute atomic E-state index is 0.225. The average molecular weight is 169 g/mol. The zero-order valence-corrected chi connectivity index (χ0v) is 7.68. The highest BCUT2D eigenvalue weighted by molar-refractivity contribution is 4.93. The van der Waals surface area contributed by atoms with Crippen molar-refractivity contribution < 1.29 is 5.11 Å². The van der Waals surface area contributed by atoms with Gasteiger partial charge in [-0.05, 0) is 57.5 Å². The van der Waals surface area contributed by atoms with Gasteiger partial charge >= 0.3 is 0 Å². The zero-order chi connectivity index (χ0) is 8.44. The highest BCUT2D eigenvalue weighted by Gasteiger charge is 2.39. The molecule has 0 radical (unpaired) electrons. The van der Waals surface area contributed by atoms with Gasteiger partial charge in [0.2, 0.25) is 0 Å². The van der Waals surface area contributed by atoms with Crippen LogP contribution in [-0.4, -0.2) is 23.8 Å². The van der Waals surface area contributed by atoms with E-state index in [1.54, 1.807) is 0 Å². The summed E-state index contributed by atoms with van der Waals surface area (Å²) in [5.41, 5.74) is -0.225. The van der Waals surface area contributed by atoms with Gasteiger partial charge in [0.1, 0.15) is 0 Å². The van der Waals surface area contributed by atoms with Crippen molar-refractivity contribution in [1.29, 1.82) is 0 Å². The van der Waals surface area contributed by atoms with Crippen LogP contribution in [0, 0.1) is 5.92 Å². The van der Waals surface area contributed by atoms with Crippen molar-refractivity contribution in [3.63, 3.8) is 0 Å². The first kappa shape index (κ1) is 8.52. The third-order valence-corrected chi connectivity index (χ3v) is 3.24. The van der Waals surface area contributed by atoms with Gasteiger partial charge in [0.25, 0.3) is 0 Å². The first-order chi connectivity index (χ1) is 5.79. The van der Waals surface area contributed by atoms with Crippen LogP contribution in [0.15, 0.2) is 0 Å². The van der Waals surface area contributed by atoms with Crippen molar-refractivity contribution in [2.75, 3.05) is 13.1 Å². The molecular formula is C10H19NO. The summed E-state index contributed by atoms with van der Waals surface area (Å²) in [5.74, 6) is 0.836. The van der Waals surface area contributed by atoms with E-state index in [9.17, 15) is 5.11 Å². The SMILES string of the molecule is OC1(CCC2CCCNC2)CC1. The van der Waals surface area contributed by atoms with Crippen molar-refractivity contribution in [3.8, 4) is 0 Å². The van der Waals surface area contributed by atoms with Crippen LogP contribution < -0.4 is 5.32 Å². The van der Waals surface area contributed by atoms with Gasteiger partial charge in [-0.2, -0.15) is 0 Å². The van der Waals surface area contributed by atoms with E-state index in [2.05, 4.69) is 5.32 Å². The van der Waals surface area contributed by atoms with Gasteiger partial charge in [0, 0.05) is 0 Å². The standard InChI is InChI=1S/C10H19NO/c12-10(5-6-10)4-3-9-2-1-7-11-8-9/h9,11-12H,1-8H2. The average Bonchev–Trinajstić information content (AvgIpc) is 2.84. The predicted molar refractivity (Wildman–Crippen MR) is 49.0 cm³/mol. The third kappa shape index (κ3) is 2.20. The molecule has 1 saturated heterocycles. The minimum atomic E-state index is -0.225. The molecule has 70 valence electrons. The van der Waals surface area contributed by atoms with E-state index < -0.39 is 0 Å². The summed E-state index contributed by atoms with van der Waals surface area (Å²) in [4.78, 5) is 0. The Hall–Kier alpha value is -0.0800. The molecule has 1 saturated carbocycles. The summed E-state index contributed by atoms with van der Waals surface area (Å²) in [6.07, 6.45) is 7.05. The lowest BCUT2D eigenvalue weighted by molar-refractivity contribution is 0.127. The third-order valence-electron chi connectivity index (χ3n) is 3.24. The van der Waals surface area contributed by atoms with Crippen LogP contribution in [0.25, 0.3) is 0 Å². The lowest BCUT2D eigenvalue weighted by Crippen LogP contribution is -2.30. The molecule has 1 aliphatic heterocycles. The van der Waals surface area contributed by atoms with Crippen molar-refractivity contribution in [1.82, 2.24) is 5.32 Å². The highest BCUT2D eigenvalue weighted by atomic mass is 16.3. The second-order valence-corrected chi connectivity index (χ2v) is 4.48. The molecule has 0 amide bonds. The van der Waals surface area contributed by atoms with Crippen LogP contribution in [-0.2, 0) is 0 Å². The fraction of sp³-hybridized carbons (Fsp3) is 1.00. The monoisotopic (exact) mass is 169 g/mol. The topological polar surface area (TPSA) is 32.3 Å². The lowest BCUT2D eigenvalue weighted by atomic mass is 9.93. The highest BCUT2D eigenvalue weighted by Crippen LogP contribution is 2.40. The van der Waals surface area contributed by atoms with E-state index in [-0.39, 0.29) is 5.60 Å². The van der Waals surface area contributed by atoms with E-state index in [0.717, 1.165) is 25.2 Å². The number of aliphatic hydroxyl groups is 1. The summed E-state index contributed by atoms with van der Waals surface area (Å²) in [6, 6.07) is 0. The molecule has 2 rings (SSSR count). The number of hydrogen-bond donors (Lipinski definition) is 2. The normalized spacial score (nSPS) is 33.2. The first-order valence-electron chi connectivity index (χ1n) is 5.22. The second-order valence-electron chi connectivity index (χ2n) is 4.48. The number of piperidine rings is 1. The Morgan fingerprint density at radius 3 is 2.83 bits per heavy atom. The summed E-state index contributed by atoms with van der Waals surface area (Å²) < 4.78 is 0. The van der Waals surface area contributed by atoms with Gasteiger partial charge in [0.05, 0.1) is 5.60 Å². The van der Waals surface area contributed by atoms with E-state index >= 15 is 0 Å². The predicted octanol–water partition coefficient (Wildman–Crippen LogP) is 1.29. The second kappa shape index (κ2) is 3.35. The molecule has 0 aromatic rings. The first-order valence-corrected chi connectivity index (χ1v) is 5.22. The molecule has 12 heavy (non-hydrogen) atoms. The Morgan fingerprint density at radius 2 is 2.25 bits per heavy atom. The van der Waals surface area contributed by atoms with Gasteiger partial charge in [-0.3, -0.25) is 0 Å². The van der Waals surface area contributed by atoms with E-state index in [0.29, 0.717) is 0 Å². The minimum Gasteiger partial charge on any atom is -0.390 e. The Bertz CT molecular complexity index is 148. The molecule has 0 aromatic heterocycles. The van der Waals surface area contributed by atoms with Crippen LogP contribution in [0.2, 0.25) is 0 Å². The Kier molecular flexibility index (Phi) is 2.37. The summed E-state index contributed by atoms with van der Waals surface area (Å²) in [6.45, 7) is 2.37. The van der Waals surface area contributed by atoms with Crippen LogP contribution >= 0.6 is 0 Å². The molecule has 2 nitrogen and oxygen atoms in total. The summed E-state index contributed by atoms with van der Waals surface area (Å²) in [5, 5.41) is 13.0. The molecule has 2 aliphatic rings. The zero-order valence-electron chi connectivity index (χ0n) is 7.68. The van der Waals surface area contributed by atoms with Gasteiger partial charge in [-0.1, -0.05) is 0 Å². The van der Waals surface area contributed by atoms with E-state index in [1.807, 2.05) is 0 Å². The van der Waals surface area contributed by atoms with Crippen LogP contribution in [0.5, 0.6) is 0 Å². The van der Waals surface area contributed by atoms with Crippen molar-refractivity contribution in [3.05, 3.63) is 0 Å². The van der Waals surface area contributed by atoms with Crippen molar-refractivity contribution in [2.45, 2.75) is 44.1 Å². The van der Waals surface area contributed by atoms with E-state index in [4.69, 9.17) is 0 Å². The van der Waals surface area contributed by atoms with E-state index in [1.165, 1.54) is 32.4 Å². The molecule has 1 heterocycles. The Labute approximate surface area is 74.4 Å². The van der Waals surface area contributed by atoms with Gasteiger partial charge < -0.3 is 10.4 Å². The van der Waals surface area contributed by atoms with Crippen LogP contribution in [0.3, 0.4) is 0 Å². The molecule has 1 atom stereocenters. The number of rotatable bonds is 3. The smallest absolute Gasteiger partial charge is 0.0650 e. The maximum atomic E-state index is 9.64. The van der Waals surface area contributed by atoms with Crippen molar-refractivity contribution >= 4 is 0 Å². The quantitative estimate of drug-likeness (QED) is 0.667. The van der Waals surface area contributed by atoms with Gasteiger partial charge in [-0.25, -0.2) is 0 Å². The molecular weight excluding hydrogens is 150 g/mol. The van der Waals surface area contributed by atoms with Crippen molar-refractivity contribution in [2.24, 2.45) is 5.92 Å². The Morgan fingerprint density at radius 1 is 1.42 bits per heavy atom. The number of hydrogen-bond acceptors (Lipinski definition) is 2. The molecule has 1 aliphatic carbocycles. The molecule has 2 N–H and O–H groups in total. The summed E-state index contributed by atoms with van der Waals surface area (Å²) in [7, 11) is 0. The summed E-state index contributed by atoms with van der Waals surface area (Å²) >= 11 is 0. The Balaban J connectivity index is 1.65. The molecule has 2 fully saturated rings. The largest absolute Gasteiger partial charge is 0.390 e. The van der Waals surface area contributed by atoms with Gasteiger partial charge in [0.15, 0.2) is 0 Å².